The molecular weight excluding hydrogens is 304 g/mol. The largest absolute Gasteiger partial charge is 0.469 e. The lowest BCUT2D eigenvalue weighted by atomic mass is 10.1. The van der Waals surface area contributed by atoms with E-state index in [9.17, 15) is 9.59 Å². The highest BCUT2D eigenvalue weighted by atomic mass is 16.5. The lowest BCUT2D eigenvalue weighted by Crippen LogP contribution is -2.44. The molecule has 5 heteroatoms. The maximum absolute atomic E-state index is 12.2. The van der Waals surface area contributed by atoms with Crippen LogP contribution in [0, 0.1) is 5.92 Å². The summed E-state index contributed by atoms with van der Waals surface area (Å²) >= 11 is 0. The van der Waals surface area contributed by atoms with E-state index in [2.05, 4.69) is 10.2 Å². The first-order valence-electron chi connectivity index (χ1n) is 8.83. The van der Waals surface area contributed by atoms with Crippen molar-refractivity contribution in [2.75, 3.05) is 20.2 Å². The van der Waals surface area contributed by atoms with Crippen molar-refractivity contribution < 1.29 is 14.3 Å². The Morgan fingerprint density at radius 3 is 2.50 bits per heavy atom. The fourth-order valence-electron chi connectivity index (χ4n) is 3.53. The maximum Gasteiger partial charge on any atom is 0.307 e. The number of rotatable bonds is 7. The summed E-state index contributed by atoms with van der Waals surface area (Å²) in [7, 11) is 1.44. The van der Waals surface area contributed by atoms with Gasteiger partial charge < -0.3 is 10.1 Å². The third kappa shape index (κ3) is 4.35. The zero-order valence-electron chi connectivity index (χ0n) is 14.2. The smallest absolute Gasteiger partial charge is 0.307 e. The van der Waals surface area contributed by atoms with E-state index in [1.54, 1.807) is 0 Å². The van der Waals surface area contributed by atoms with Crippen molar-refractivity contribution in [1.82, 2.24) is 10.2 Å². The third-order valence-corrected chi connectivity index (χ3v) is 5.10. The predicted molar refractivity (Wildman–Crippen MR) is 91.6 cm³/mol. The maximum atomic E-state index is 12.2. The first-order chi connectivity index (χ1) is 11.7. The van der Waals surface area contributed by atoms with Gasteiger partial charge in [-0.1, -0.05) is 18.2 Å². The van der Waals surface area contributed by atoms with Crippen LogP contribution in [0.4, 0.5) is 0 Å². The molecule has 0 aromatic heterocycles. The van der Waals surface area contributed by atoms with Crippen LogP contribution in [0.3, 0.4) is 0 Å². The number of likely N-dealkylation sites (tertiary alicyclic amines) is 1. The normalized spacial score (nSPS) is 23.9. The number of hydrogen-bond acceptors (Lipinski definition) is 4. The minimum Gasteiger partial charge on any atom is -0.469 e. The van der Waals surface area contributed by atoms with Gasteiger partial charge in [-0.05, 0) is 43.7 Å². The van der Waals surface area contributed by atoms with Gasteiger partial charge in [-0.3, -0.25) is 14.5 Å². The lowest BCUT2D eigenvalue weighted by molar-refractivity contribution is -0.141. The molecule has 1 saturated heterocycles. The van der Waals surface area contributed by atoms with E-state index < -0.39 is 0 Å². The highest BCUT2D eigenvalue weighted by molar-refractivity contribution is 5.94. The summed E-state index contributed by atoms with van der Waals surface area (Å²) in [6, 6.07) is 9.86. The van der Waals surface area contributed by atoms with Crippen LogP contribution < -0.4 is 5.32 Å². The molecule has 1 aliphatic heterocycles. The zero-order valence-corrected chi connectivity index (χ0v) is 14.2. The molecule has 1 aromatic carbocycles. The van der Waals surface area contributed by atoms with Crippen LogP contribution in [0.5, 0.6) is 0 Å². The second-order valence-corrected chi connectivity index (χ2v) is 6.88. The average molecular weight is 330 g/mol. The predicted octanol–water partition coefficient (Wildman–Crippen LogP) is 2.22. The Kier molecular flexibility index (Phi) is 5.51. The highest BCUT2D eigenvalue weighted by Gasteiger charge is 2.38. The van der Waals surface area contributed by atoms with E-state index in [1.807, 2.05) is 30.3 Å². The molecule has 0 unspecified atom stereocenters. The van der Waals surface area contributed by atoms with E-state index in [0.717, 1.165) is 25.3 Å². The number of amides is 1. The Hall–Kier alpha value is -1.88. The van der Waals surface area contributed by atoms with Gasteiger partial charge in [0.05, 0.1) is 13.5 Å². The van der Waals surface area contributed by atoms with Gasteiger partial charge in [0, 0.05) is 30.7 Å². The molecule has 3 rings (SSSR count). The highest BCUT2D eigenvalue weighted by Crippen LogP contribution is 2.35. The van der Waals surface area contributed by atoms with Gasteiger partial charge in [0.1, 0.15) is 0 Å². The number of esters is 1. The quantitative estimate of drug-likeness (QED) is 0.779. The first kappa shape index (κ1) is 17.0. The minimum atomic E-state index is -0.144. The minimum absolute atomic E-state index is 0.0293. The SMILES string of the molecule is COC(=O)C[C@H]1CC[C@@H](CNC(=O)c2ccccc2)N1CC1CC1. The second kappa shape index (κ2) is 7.79. The standard InChI is InChI=1S/C19H26N2O3/c1-24-18(22)11-16-9-10-17(21(16)13-14-7-8-14)12-20-19(23)15-5-3-2-4-6-15/h2-6,14,16-17H,7-13H2,1H3,(H,20,23)/t16-,17+/m1/s1. The summed E-state index contributed by atoms with van der Waals surface area (Å²) in [6.45, 7) is 1.67. The zero-order chi connectivity index (χ0) is 16.9. The van der Waals surface area contributed by atoms with Crippen LogP contribution in [-0.2, 0) is 9.53 Å². The number of methoxy groups -OCH3 is 1. The molecule has 1 saturated carbocycles. The number of ether oxygens (including phenoxy) is 1. The van der Waals surface area contributed by atoms with Crippen LogP contribution in [-0.4, -0.2) is 49.1 Å². The summed E-state index contributed by atoms with van der Waals surface area (Å²) in [5.41, 5.74) is 0.690. The van der Waals surface area contributed by atoms with Gasteiger partial charge in [-0.25, -0.2) is 0 Å². The molecule has 2 atom stereocenters. The van der Waals surface area contributed by atoms with Crippen molar-refractivity contribution in [3.05, 3.63) is 35.9 Å². The van der Waals surface area contributed by atoms with E-state index in [-0.39, 0.29) is 17.9 Å². The second-order valence-electron chi connectivity index (χ2n) is 6.88. The van der Waals surface area contributed by atoms with Crippen LogP contribution in [0.1, 0.15) is 42.5 Å². The molecule has 2 aliphatic rings. The van der Waals surface area contributed by atoms with Crippen molar-refractivity contribution in [1.29, 1.82) is 0 Å². The van der Waals surface area contributed by atoms with E-state index in [1.165, 1.54) is 20.0 Å². The van der Waals surface area contributed by atoms with E-state index in [0.29, 0.717) is 24.6 Å². The molecule has 1 N–H and O–H groups in total. The topological polar surface area (TPSA) is 58.6 Å². The molecule has 0 spiro atoms. The van der Waals surface area contributed by atoms with Crippen molar-refractivity contribution in [3.63, 3.8) is 0 Å². The van der Waals surface area contributed by atoms with Crippen LogP contribution >= 0.6 is 0 Å². The molecular formula is C19H26N2O3. The molecule has 1 heterocycles. The Morgan fingerprint density at radius 1 is 1.12 bits per heavy atom. The van der Waals surface area contributed by atoms with Gasteiger partial charge in [0.2, 0.25) is 0 Å². The molecule has 0 radical (unpaired) electrons. The number of carbonyl (C=O) groups excluding carboxylic acids is 2. The first-order valence-corrected chi connectivity index (χ1v) is 8.83. The summed E-state index contributed by atoms with van der Waals surface area (Å²) in [5, 5.41) is 3.06. The van der Waals surface area contributed by atoms with Crippen LogP contribution in [0.15, 0.2) is 30.3 Å². The Morgan fingerprint density at radius 2 is 1.83 bits per heavy atom. The molecule has 0 bridgehead atoms. The molecule has 2 fully saturated rings. The van der Waals surface area contributed by atoms with Gasteiger partial charge in [0.15, 0.2) is 0 Å². The average Bonchev–Trinajstić information content (AvgIpc) is 3.36. The van der Waals surface area contributed by atoms with Gasteiger partial charge in [-0.15, -0.1) is 0 Å². The summed E-state index contributed by atoms with van der Waals surface area (Å²) in [6.07, 6.45) is 5.03. The molecule has 1 amide bonds. The summed E-state index contributed by atoms with van der Waals surface area (Å²) in [5.74, 6) is 0.587. The number of hydrogen-bond donors (Lipinski definition) is 1. The molecule has 5 nitrogen and oxygen atoms in total. The summed E-state index contributed by atoms with van der Waals surface area (Å²) < 4.78 is 4.84. The number of nitrogens with one attached hydrogen (secondary N) is 1. The van der Waals surface area contributed by atoms with Crippen molar-refractivity contribution in [2.45, 2.75) is 44.2 Å². The van der Waals surface area contributed by atoms with Crippen LogP contribution in [0.2, 0.25) is 0 Å². The van der Waals surface area contributed by atoms with Gasteiger partial charge >= 0.3 is 5.97 Å². The Labute approximate surface area is 143 Å². The van der Waals surface area contributed by atoms with Gasteiger partial charge in [-0.2, -0.15) is 0 Å². The molecule has 1 aliphatic carbocycles. The molecule has 24 heavy (non-hydrogen) atoms. The van der Waals surface area contributed by atoms with Crippen LogP contribution in [0.25, 0.3) is 0 Å². The van der Waals surface area contributed by atoms with Crippen molar-refractivity contribution in [2.24, 2.45) is 5.92 Å². The lowest BCUT2D eigenvalue weighted by Gasteiger charge is -2.30. The van der Waals surface area contributed by atoms with Crippen molar-refractivity contribution >= 4 is 11.9 Å². The fraction of sp³-hybridized carbons (Fsp3) is 0.579. The number of benzene rings is 1. The van der Waals surface area contributed by atoms with E-state index in [4.69, 9.17) is 4.74 Å². The number of carbonyl (C=O) groups is 2. The molecule has 130 valence electrons. The third-order valence-electron chi connectivity index (χ3n) is 5.10. The Bertz CT molecular complexity index is 571. The fourth-order valence-corrected chi connectivity index (χ4v) is 3.53. The van der Waals surface area contributed by atoms with E-state index >= 15 is 0 Å². The van der Waals surface area contributed by atoms with Gasteiger partial charge in [0.25, 0.3) is 5.91 Å². The molecule has 1 aromatic rings. The number of nitrogens with zero attached hydrogens (tertiary/aromatic N) is 1. The van der Waals surface area contributed by atoms with Crippen molar-refractivity contribution in [3.8, 4) is 0 Å². The summed E-state index contributed by atoms with van der Waals surface area (Å²) in [4.78, 5) is 26.3. The Balaban J connectivity index is 1.57. The monoisotopic (exact) mass is 330 g/mol.